The van der Waals surface area contributed by atoms with Crippen LogP contribution >= 0.6 is 24.0 Å². The van der Waals surface area contributed by atoms with E-state index in [1.807, 2.05) is 18.2 Å². The average molecular weight is 364 g/mol. The first-order valence-electron chi connectivity index (χ1n) is 7.91. The van der Waals surface area contributed by atoms with Crippen molar-refractivity contribution in [3.8, 4) is 0 Å². The van der Waals surface area contributed by atoms with Gasteiger partial charge in [0.15, 0.2) is 0 Å². The minimum atomic E-state index is -0.434. The van der Waals surface area contributed by atoms with Crippen LogP contribution in [0, 0.1) is 5.92 Å². The Morgan fingerprint density at radius 2 is 2.12 bits per heavy atom. The molecule has 1 fully saturated rings. The number of amides is 1. The molecule has 128 valence electrons. The van der Waals surface area contributed by atoms with Crippen LogP contribution in [0.3, 0.4) is 0 Å². The predicted molar refractivity (Wildman–Crippen MR) is 101 cm³/mol. The first kappa shape index (κ1) is 18.7. The highest BCUT2D eigenvalue weighted by Gasteiger charge is 2.35. The number of esters is 1. The molecule has 2 rings (SSSR count). The van der Waals surface area contributed by atoms with Crippen LogP contribution in [-0.4, -0.2) is 39.5 Å². The molecule has 2 atom stereocenters. The lowest BCUT2D eigenvalue weighted by Crippen LogP contribution is -2.42. The van der Waals surface area contributed by atoms with E-state index in [4.69, 9.17) is 17.0 Å². The minimum absolute atomic E-state index is 0.0517. The van der Waals surface area contributed by atoms with E-state index in [1.165, 1.54) is 23.4 Å². The molecule has 1 aromatic carbocycles. The summed E-state index contributed by atoms with van der Waals surface area (Å²) in [4.78, 5) is 25.8. The molecular weight excluding hydrogens is 342 g/mol. The van der Waals surface area contributed by atoms with E-state index in [2.05, 4.69) is 12.1 Å². The van der Waals surface area contributed by atoms with Crippen molar-refractivity contribution < 1.29 is 14.3 Å². The fourth-order valence-electron chi connectivity index (χ4n) is 2.48. The third-order valence-electron chi connectivity index (χ3n) is 3.71. The molecule has 6 heteroatoms. The van der Waals surface area contributed by atoms with Crippen molar-refractivity contribution >= 4 is 40.2 Å². The number of nitrogens with zero attached hydrogens (tertiary/aromatic N) is 1. The molecule has 24 heavy (non-hydrogen) atoms. The van der Waals surface area contributed by atoms with E-state index < -0.39 is 11.9 Å². The maximum atomic E-state index is 12.7. The number of rotatable bonds is 6. The maximum absolute atomic E-state index is 12.7. The molecule has 1 aromatic rings. The summed E-state index contributed by atoms with van der Waals surface area (Å²) in [6, 6.07) is 10.1. The van der Waals surface area contributed by atoms with Gasteiger partial charge in [0.1, 0.15) is 4.32 Å². The third kappa shape index (κ3) is 4.92. The molecule has 4 nitrogen and oxygen atoms in total. The number of thioether (sulfide) groups is 1. The number of hydrogen-bond acceptors (Lipinski definition) is 5. The topological polar surface area (TPSA) is 46.6 Å². The van der Waals surface area contributed by atoms with Gasteiger partial charge in [0, 0.05) is 11.8 Å². The Morgan fingerprint density at radius 1 is 1.42 bits per heavy atom. The van der Waals surface area contributed by atoms with Crippen molar-refractivity contribution in [1.82, 2.24) is 4.90 Å². The number of ether oxygens (including phenoxy) is 1. The maximum Gasteiger partial charge on any atom is 0.330 e. The van der Waals surface area contributed by atoms with Gasteiger partial charge in [-0.1, -0.05) is 67.3 Å². The first-order chi connectivity index (χ1) is 11.5. The van der Waals surface area contributed by atoms with Gasteiger partial charge in [-0.2, -0.15) is 0 Å². The summed E-state index contributed by atoms with van der Waals surface area (Å²) in [5.41, 5.74) is 1.18. The number of thiocarbonyl (C=S) groups is 1. The molecule has 0 N–H and O–H groups in total. The van der Waals surface area contributed by atoms with Gasteiger partial charge in [0.2, 0.25) is 5.91 Å². The number of carbonyl (C=O) groups excluding carboxylic acids is 2. The molecule has 0 saturated carbocycles. The predicted octanol–water partition coefficient (Wildman–Crippen LogP) is 3.21. The molecule has 1 amide bonds. The van der Waals surface area contributed by atoms with E-state index >= 15 is 0 Å². The highest BCUT2D eigenvalue weighted by molar-refractivity contribution is 8.23. The van der Waals surface area contributed by atoms with E-state index in [1.54, 1.807) is 24.8 Å². The fraction of sp³-hybridized carbons (Fsp3) is 0.389. The van der Waals surface area contributed by atoms with E-state index in [9.17, 15) is 9.59 Å². The lowest BCUT2D eigenvalue weighted by atomic mass is 10.0. The molecule has 0 aliphatic carbocycles. The van der Waals surface area contributed by atoms with Gasteiger partial charge in [0.25, 0.3) is 0 Å². The van der Waals surface area contributed by atoms with Crippen LogP contribution in [0.4, 0.5) is 0 Å². The average Bonchev–Trinajstić information content (AvgIpc) is 2.93. The molecule has 1 heterocycles. The minimum Gasteiger partial charge on any atom is -0.463 e. The Kier molecular flexibility index (Phi) is 6.99. The Balaban J connectivity index is 2.04. The molecular formula is C18H21NO3S2. The highest BCUT2D eigenvalue weighted by atomic mass is 32.2. The quantitative estimate of drug-likeness (QED) is 0.441. The molecule has 0 aromatic heterocycles. The number of carbonyl (C=O) groups is 2. The summed E-state index contributed by atoms with van der Waals surface area (Å²) in [7, 11) is 0. The van der Waals surface area contributed by atoms with Gasteiger partial charge < -0.3 is 4.74 Å². The second kappa shape index (κ2) is 8.99. The molecule has 1 aliphatic heterocycles. The zero-order valence-corrected chi connectivity index (χ0v) is 15.4. The van der Waals surface area contributed by atoms with Crippen LogP contribution in [0.15, 0.2) is 42.5 Å². The van der Waals surface area contributed by atoms with Crippen molar-refractivity contribution in [2.75, 3.05) is 12.4 Å². The van der Waals surface area contributed by atoms with Gasteiger partial charge in [-0.25, -0.2) is 4.79 Å². The van der Waals surface area contributed by atoms with Gasteiger partial charge in [0.05, 0.1) is 18.6 Å². The fourth-order valence-corrected chi connectivity index (χ4v) is 3.91. The summed E-state index contributed by atoms with van der Waals surface area (Å²) in [5.74, 6) is -0.138. The lowest BCUT2D eigenvalue weighted by Gasteiger charge is -2.25. The first-order valence-corrected chi connectivity index (χ1v) is 9.31. The van der Waals surface area contributed by atoms with E-state index in [-0.39, 0.29) is 11.9 Å². The molecule has 0 bridgehead atoms. The van der Waals surface area contributed by atoms with Gasteiger partial charge in [-0.15, -0.1) is 0 Å². The third-order valence-corrected chi connectivity index (χ3v) is 5.26. The second-order valence-corrected chi connectivity index (χ2v) is 7.18. The van der Waals surface area contributed by atoms with Crippen molar-refractivity contribution in [2.45, 2.75) is 26.3 Å². The highest BCUT2D eigenvalue weighted by Crippen LogP contribution is 2.28. The van der Waals surface area contributed by atoms with E-state index in [0.717, 1.165) is 12.2 Å². The summed E-state index contributed by atoms with van der Waals surface area (Å²) >= 11 is 6.89. The number of benzene rings is 1. The second-order valence-electron chi connectivity index (χ2n) is 5.53. The van der Waals surface area contributed by atoms with Gasteiger partial charge in [-0.3, -0.25) is 9.69 Å². The van der Waals surface area contributed by atoms with Crippen molar-refractivity contribution in [2.24, 2.45) is 5.92 Å². The van der Waals surface area contributed by atoms with Crippen molar-refractivity contribution in [3.05, 3.63) is 48.0 Å². The van der Waals surface area contributed by atoms with Crippen LogP contribution in [0.5, 0.6) is 0 Å². The Morgan fingerprint density at radius 3 is 2.79 bits per heavy atom. The number of hydrogen-bond donors (Lipinski definition) is 0. The largest absolute Gasteiger partial charge is 0.463 e. The summed E-state index contributed by atoms with van der Waals surface area (Å²) < 4.78 is 5.45. The van der Waals surface area contributed by atoms with Crippen molar-refractivity contribution in [3.63, 3.8) is 0 Å². The summed E-state index contributed by atoms with van der Waals surface area (Å²) in [6.45, 7) is 3.83. The molecule has 0 unspecified atom stereocenters. The zero-order chi connectivity index (χ0) is 17.5. The van der Waals surface area contributed by atoms with Crippen LogP contribution < -0.4 is 0 Å². The summed E-state index contributed by atoms with van der Waals surface area (Å²) in [6.07, 6.45) is 3.66. The van der Waals surface area contributed by atoms with Crippen LogP contribution in [0.25, 0.3) is 0 Å². The Bertz CT molecular complexity index is 630. The standard InChI is InChI=1S/C18H21NO3S2/c1-3-22-16(20)10-9-13(2)17(21)19-15(12-24-18(19)23)11-14-7-5-4-6-8-14/h4-10,13,15H,3,11-12H2,1-2H3/b10-9-/t13-,15+/m1/s1. The molecule has 1 aliphatic rings. The normalized spacial score (nSPS) is 18.8. The Hall–Kier alpha value is -1.66. The molecule has 0 radical (unpaired) electrons. The molecule has 0 spiro atoms. The lowest BCUT2D eigenvalue weighted by molar-refractivity contribution is -0.137. The molecule has 1 saturated heterocycles. The van der Waals surface area contributed by atoms with Crippen molar-refractivity contribution in [1.29, 1.82) is 0 Å². The van der Waals surface area contributed by atoms with Crippen LogP contribution in [0.2, 0.25) is 0 Å². The zero-order valence-electron chi connectivity index (χ0n) is 13.8. The summed E-state index contributed by atoms with van der Waals surface area (Å²) in [5, 5.41) is 0. The smallest absolute Gasteiger partial charge is 0.330 e. The van der Waals surface area contributed by atoms with Gasteiger partial charge >= 0.3 is 5.97 Å². The Labute approximate surface area is 152 Å². The monoisotopic (exact) mass is 363 g/mol. The van der Waals surface area contributed by atoms with Crippen LogP contribution in [0.1, 0.15) is 19.4 Å². The van der Waals surface area contributed by atoms with Gasteiger partial charge in [-0.05, 0) is 18.9 Å². The SMILES string of the molecule is CCOC(=O)/C=C\[C@@H](C)C(=O)N1C(=S)SC[C@@H]1Cc1ccccc1. The van der Waals surface area contributed by atoms with Crippen LogP contribution in [-0.2, 0) is 20.7 Å². The van der Waals surface area contributed by atoms with E-state index in [0.29, 0.717) is 10.9 Å².